The van der Waals surface area contributed by atoms with Crippen LogP contribution in [0.5, 0.6) is 5.75 Å². The van der Waals surface area contributed by atoms with Gasteiger partial charge in [-0.25, -0.2) is 13.6 Å². The molecule has 2 aromatic heterocycles. The minimum absolute atomic E-state index is 0.159. The van der Waals surface area contributed by atoms with Crippen LogP contribution in [0.3, 0.4) is 0 Å². The number of ether oxygens (including phenoxy) is 2. The van der Waals surface area contributed by atoms with Crippen LogP contribution in [0, 0.1) is 10.8 Å². The van der Waals surface area contributed by atoms with Crippen LogP contribution in [0.2, 0.25) is 0 Å². The second-order valence-corrected chi connectivity index (χ2v) is 18.9. The number of carbonyl (C=O) groups is 1. The van der Waals surface area contributed by atoms with Crippen LogP contribution >= 0.6 is 15.6 Å². The number of benzene rings is 3. The number of aliphatic hydroxyl groups is 2. The maximum Gasteiger partial charge on any atom is 0.474 e. The summed E-state index contributed by atoms with van der Waals surface area (Å²) in [5.41, 5.74) is -0.782. The largest absolute Gasteiger partial charge is 0.474 e. The highest BCUT2D eigenvalue weighted by atomic mass is 31.2. The third-order valence-corrected chi connectivity index (χ3v) is 14.1. The molecular formula is C41H48N6O12P2. The van der Waals surface area contributed by atoms with Gasteiger partial charge in [-0.05, 0) is 67.2 Å². The first-order valence-electron chi connectivity index (χ1n) is 19.9. The number of nitrogens with one attached hydrogen (secondary N) is 2. The van der Waals surface area contributed by atoms with Crippen molar-refractivity contribution in [2.45, 2.75) is 88.4 Å². The SMILES string of the molecule is CN=C[C@@]1(c2ccc3c(=N)n(COP(=O)(O)OCc4ccccc4)cnn23)O[C@H](COP(=O)(N[C@@H](C)C(=O)OC2CC3(CCC3)C2)Oc2cccc3ccccc23)[C@@H](O)[C@H]1O. The zero-order valence-electron chi connectivity index (χ0n) is 33.5. The van der Waals surface area contributed by atoms with Gasteiger partial charge in [0.25, 0.3) is 0 Å². The summed E-state index contributed by atoms with van der Waals surface area (Å²) in [6.45, 7) is 0.175. The van der Waals surface area contributed by atoms with E-state index in [2.05, 4.69) is 15.2 Å². The first-order chi connectivity index (χ1) is 29.2. The number of aliphatic hydroxyl groups excluding tert-OH is 2. The lowest BCUT2D eigenvalue weighted by Crippen LogP contribution is -2.49. The van der Waals surface area contributed by atoms with Crippen molar-refractivity contribution in [1.29, 1.82) is 5.41 Å². The third-order valence-electron chi connectivity index (χ3n) is 11.6. The second kappa shape index (κ2) is 17.3. The summed E-state index contributed by atoms with van der Waals surface area (Å²) < 4.78 is 64.2. The Kier molecular flexibility index (Phi) is 12.2. The molecule has 1 saturated heterocycles. The first-order valence-corrected chi connectivity index (χ1v) is 22.9. The number of nitrogens with zero attached hydrogens (tertiary/aromatic N) is 4. The molecule has 3 aliphatic rings. The highest BCUT2D eigenvalue weighted by Crippen LogP contribution is 2.57. The van der Waals surface area contributed by atoms with Crippen LogP contribution in [0.1, 0.15) is 50.3 Å². The lowest BCUT2D eigenvalue weighted by atomic mass is 9.55. The number of esters is 1. The monoisotopic (exact) mass is 878 g/mol. The quantitative estimate of drug-likeness (QED) is 0.0463. The summed E-state index contributed by atoms with van der Waals surface area (Å²) in [4.78, 5) is 27.7. The van der Waals surface area contributed by atoms with E-state index in [4.69, 9.17) is 33.0 Å². The summed E-state index contributed by atoms with van der Waals surface area (Å²) in [7, 11) is -7.57. The van der Waals surface area contributed by atoms with Crippen molar-refractivity contribution in [3.8, 4) is 5.75 Å². The predicted octanol–water partition coefficient (Wildman–Crippen LogP) is 5.13. The number of carbonyl (C=O) groups excluding carboxylic acids is 1. The van der Waals surface area contributed by atoms with Crippen LogP contribution in [-0.4, -0.2) is 85.6 Å². The van der Waals surface area contributed by atoms with Crippen molar-refractivity contribution < 1.29 is 56.6 Å². The molecule has 18 nitrogen and oxygen atoms in total. The number of aliphatic imine (C=N–C) groups is 1. The van der Waals surface area contributed by atoms with Gasteiger partial charge >= 0.3 is 21.5 Å². The summed E-state index contributed by atoms with van der Waals surface area (Å²) in [5.74, 6) is -0.409. The molecule has 0 amide bonds. The Morgan fingerprint density at radius 1 is 1.03 bits per heavy atom. The Morgan fingerprint density at radius 2 is 1.77 bits per heavy atom. The van der Waals surface area contributed by atoms with E-state index < -0.39 is 64.8 Å². The van der Waals surface area contributed by atoms with Gasteiger partial charge in [-0.1, -0.05) is 73.2 Å². The number of hydrogen-bond acceptors (Lipinski definition) is 14. The molecule has 5 aromatic rings. The Bertz CT molecular complexity index is 2570. The fraction of sp³-hybridized carbons (Fsp3) is 0.415. The highest BCUT2D eigenvalue weighted by Gasteiger charge is 2.57. The van der Waals surface area contributed by atoms with E-state index in [9.17, 15) is 29.0 Å². The summed E-state index contributed by atoms with van der Waals surface area (Å²) in [5, 5.41) is 40.5. The van der Waals surface area contributed by atoms with Crippen LogP contribution in [0.25, 0.3) is 16.3 Å². The molecule has 8 rings (SSSR count). The molecule has 5 N–H and O–H groups in total. The first kappa shape index (κ1) is 43.1. The van der Waals surface area contributed by atoms with E-state index in [-0.39, 0.29) is 40.6 Å². The van der Waals surface area contributed by atoms with Gasteiger partial charge in [-0.15, -0.1) is 0 Å². The maximum absolute atomic E-state index is 14.7. The number of fused-ring (bicyclic) bond motifs is 2. The van der Waals surface area contributed by atoms with E-state index in [1.54, 1.807) is 54.6 Å². The van der Waals surface area contributed by atoms with Crippen molar-refractivity contribution in [2.75, 3.05) is 13.7 Å². The number of phosphoric acid groups is 1. The van der Waals surface area contributed by atoms with E-state index in [1.807, 2.05) is 18.2 Å². The maximum atomic E-state index is 14.7. The molecule has 2 unspecified atom stereocenters. The van der Waals surface area contributed by atoms with Gasteiger partial charge in [0.05, 0.1) is 18.9 Å². The highest BCUT2D eigenvalue weighted by molar-refractivity contribution is 7.52. The molecule has 3 fully saturated rings. The summed E-state index contributed by atoms with van der Waals surface area (Å²) >= 11 is 0. The molecule has 2 aliphatic carbocycles. The van der Waals surface area contributed by atoms with E-state index in [0.29, 0.717) is 10.9 Å². The predicted molar refractivity (Wildman–Crippen MR) is 220 cm³/mol. The van der Waals surface area contributed by atoms with Gasteiger partial charge in [0.15, 0.2) is 11.1 Å². The molecule has 0 bridgehead atoms. The van der Waals surface area contributed by atoms with Gasteiger partial charge in [0.1, 0.15) is 54.8 Å². The number of rotatable bonds is 17. The normalized spacial score (nSPS) is 24.9. The van der Waals surface area contributed by atoms with Gasteiger partial charge in [0, 0.05) is 18.6 Å². The summed E-state index contributed by atoms with van der Waals surface area (Å²) in [6, 6.07) is 23.2. The molecule has 20 heteroatoms. The molecule has 7 atom stereocenters. The lowest BCUT2D eigenvalue weighted by Gasteiger charge is -2.53. The Balaban J connectivity index is 0.996. The van der Waals surface area contributed by atoms with Crippen LogP contribution in [0.15, 0.2) is 96.2 Å². The number of phosphoric ester groups is 1. The fourth-order valence-electron chi connectivity index (χ4n) is 8.20. The molecule has 0 radical (unpaired) electrons. The average Bonchev–Trinajstić information content (AvgIpc) is 3.76. The Hall–Kier alpha value is -4.58. The number of aromatic nitrogens is 3. The zero-order valence-corrected chi connectivity index (χ0v) is 35.3. The average molecular weight is 879 g/mol. The van der Waals surface area contributed by atoms with Gasteiger partial charge < -0.3 is 29.1 Å². The van der Waals surface area contributed by atoms with Crippen molar-refractivity contribution in [2.24, 2.45) is 10.4 Å². The fourth-order valence-corrected chi connectivity index (χ4v) is 10.4. The summed E-state index contributed by atoms with van der Waals surface area (Å²) in [6.07, 6.45) is 2.63. The second-order valence-electron chi connectivity index (χ2n) is 15.8. The molecule has 2 saturated carbocycles. The Morgan fingerprint density at radius 3 is 2.51 bits per heavy atom. The van der Waals surface area contributed by atoms with E-state index in [0.717, 1.165) is 31.1 Å². The standard InChI is InChI=1S/C41H48N6O12P2/c1-27(39(50)57-30-20-40(21-30)18-9-19-40)45-60(51,59-33-15-8-13-29-12-6-7-14-31(29)33)54-23-34-36(48)37(49)41(58-34,24-43-2)35-17-16-32-38(42)46(25-44-47(32)35)26-56-61(52,53)55-22-28-10-4-3-5-11-28/h3-8,10-17,24-25,27,30,34,36-37,42,48-49H,9,18-23,26H2,1-2H3,(H,45,51)(H,52,53)/t27-,34+,36+,37+,41-,60?/m0/s1. The van der Waals surface area contributed by atoms with Crippen molar-refractivity contribution >= 4 is 44.0 Å². The van der Waals surface area contributed by atoms with Crippen LogP contribution in [-0.2, 0) is 55.9 Å². The van der Waals surface area contributed by atoms with Crippen LogP contribution < -0.4 is 15.1 Å². The minimum atomic E-state index is -4.53. The van der Waals surface area contributed by atoms with Gasteiger partial charge in [0.2, 0.25) is 0 Å². The number of hydrogen-bond donors (Lipinski definition) is 5. The minimum Gasteiger partial charge on any atom is -0.461 e. The van der Waals surface area contributed by atoms with Crippen molar-refractivity contribution in [3.05, 3.63) is 108 Å². The van der Waals surface area contributed by atoms with Gasteiger partial charge in [-0.3, -0.25) is 33.3 Å². The molecule has 324 valence electrons. The molecular weight excluding hydrogens is 830 g/mol. The topological polar surface area (TPSA) is 238 Å². The Labute approximate surface area is 350 Å². The molecule has 61 heavy (non-hydrogen) atoms. The third kappa shape index (κ3) is 8.88. The molecule has 1 spiro atoms. The zero-order chi connectivity index (χ0) is 43.0. The lowest BCUT2D eigenvalue weighted by molar-refractivity contribution is -0.169. The smallest absolute Gasteiger partial charge is 0.461 e. The molecule has 3 heterocycles. The molecule has 3 aromatic carbocycles. The molecule has 1 aliphatic heterocycles. The van der Waals surface area contributed by atoms with E-state index in [1.165, 1.54) is 54.1 Å². The van der Waals surface area contributed by atoms with Crippen molar-refractivity contribution in [3.63, 3.8) is 0 Å². The van der Waals surface area contributed by atoms with Crippen LogP contribution in [0.4, 0.5) is 0 Å². The van der Waals surface area contributed by atoms with E-state index >= 15 is 0 Å². The van der Waals surface area contributed by atoms with Crippen molar-refractivity contribution in [1.82, 2.24) is 19.3 Å². The van der Waals surface area contributed by atoms with Gasteiger partial charge in [-0.2, -0.15) is 10.2 Å².